The summed E-state index contributed by atoms with van der Waals surface area (Å²) in [4.78, 5) is 4.82. The van der Waals surface area contributed by atoms with E-state index in [0.717, 1.165) is 42.2 Å². The Morgan fingerprint density at radius 2 is 2.16 bits per heavy atom. The lowest BCUT2D eigenvalue weighted by Gasteiger charge is -2.23. The van der Waals surface area contributed by atoms with Crippen LogP contribution in [0.25, 0.3) is 11.0 Å². The second-order valence-electron chi connectivity index (χ2n) is 6.32. The van der Waals surface area contributed by atoms with Crippen molar-refractivity contribution in [3.05, 3.63) is 24.0 Å². The molecule has 4 heteroatoms. The van der Waals surface area contributed by atoms with Gasteiger partial charge < -0.3 is 15.0 Å². The lowest BCUT2D eigenvalue weighted by atomic mass is 9.95. The molecule has 1 aliphatic heterocycles. The van der Waals surface area contributed by atoms with Gasteiger partial charge in [0, 0.05) is 17.7 Å². The SMILES string of the molecule is CC(C)(C)c1nc2cc(N)ccc2n1C1CCOC1. The fourth-order valence-corrected chi connectivity index (χ4v) is 2.74. The van der Waals surface area contributed by atoms with Gasteiger partial charge in [-0.1, -0.05) is 20.8 Å². The second kappa shape index (κ2) is 4.23. The van der Waals surface area contributed by atoms with Gasteiger partial charge in [0.05, 0.1) is 23.7 Å². The maximum absolute atomic E-state index is 5.87. The molecule has 102 valence electrons. The van der Waals surface area contributed by atoms with E-state index in [1.807, 2.05) is 12.1 Å². The molecule has 1 aromatic heterocycles. The lowest BCUT2D eigenvalue weighted by molar-refractivity contribution is 0.186. The van der Waals surface area contributed by atoms with Crippen LogP contribution < -0.4 is 5.73 Å². The van der Waals surface area contributed by atoms with Crippen LogP contribution >= 0.6 is 0 Å². The summed E-state index contributed by atoms with van der Waals surface area (Å²) in [6.45, 7) is 8.21. The van der Waals surface area contributed by atoms with Gasteiger partial charge >= 0.3 is 0 Å². The largest absolute Gasteiger partial charge is 0.399 e. The molecule has 4 nitrogen and oxygen atoms in total. The number of fused-ring (bicyclic) bond motifs is 1. The van der Waals surface area contributed by atoms with Crippen molar-refractivity contribution < 1.29 is 4.74 Å². The smallest absolute Gasteiger partial charge is 0.115 e. The highest BCUT2D eigenvalue weighted by atomic mass is 16.5. The van der Waals surface area contributed by atoms with Gasteiger partial charge in [-0.2, -0.15) is 0 Å². The summed E-state index contributed by atoms with van der Waals surface area (Å²) in [5.41, 5.74) is 8.79. The molecule has 19 heavy (non-hydrogen) atoms. The molecule has 1 saturated heterocycles. The number of benzene rings is 1. The number of aromatic nitrogens is 2. The van der Waals surface area contributed by atoms with Gasteiger partial charge in [-0.15, -0.1) is 0 Å². The molecule has 0 saturated carbocycles. The van der Waals surface area contributed by atoms with Crippen molar-refractivity contribution in [3.63, 3.8) is 0 Å². The number of rotatable bonds is 1. The zero-order valence-corrected chi connectivity index (χ0v) is 11.8. The van der Waals surface area contributed by atoms with Crippen molar-refractivity contribution in [1.82, 2.24) is 9.55 Å². The summed E-state index contributed by atoms with van der Waals surface area (Å²) in [7, 11) is 0. The van der Waals surface area contributed by atoms with Crippen LogP contribution in [0.4, 0.5) is 5.69 Å². The van der Waals surface area contributed by atoms with Crippen LogP contribution in [-0.4, -0.2) is 22.8 Å². The molecule has 1 fully saturated rings. The minimum atomic E-state index is 0.0103. The summed E-state index contributed by atoms with van der Waals surface area (Å²) >= 11 is 0. The van der Waals surface area contributed by atoms with Crippen molar-refractivity contribution >= 4 is 16.7 Å². The number of nitrogens with two attached hydrogens (primary N) is 1. The van der Waals surface area contributed by atoms with Gasteiger partial charge in [0.2, 0.25) is 0 Å². The minimum absolute atomic E-state index is 0.0103. The van der Waals surface area contributed by atoms with Crippen LogP contribution in [0.15, 0.2) is 18.2 Å². The predicted molar refractivity (Wildman–Crippen MR) is 77.3 cm³/mol. The topological polar surface area (TPSA) is 53.1 Å². The van der Waals surface area contributed by atoms with Crippen LogP contribution in [0.1, 0.15) is 39.1 Å². The van der Waals surface area contributed by atoms with E-state index in [1.165, 1.54) is 0 Å². The maximum atomic E-state index is 5.87. The molecule has 0 spiro atoms. The van der Waals surface area contributed by atoms with E-state index in [9.17, 15) is 0 Å². The van der Waals surface area contributed by atoms with Gasteiger partial charge in [-0.25, -0.2) is 4.98 Å². The van der Waals surface area contributed by atoms with E-state index < -0.39 is 0 Å². The maximum Gasteiger partial charge on any atom is 0.115 e. The number of anilines is 1. The highest BCUT2D eigenvalue weighted by molar-refractivity contribution is 5.80. The third-order valence-electron chi connectivity index (χ3n) is 3.66. The predicted octanol–water partition coefficient (Wildman–Crippen LogP) is 2.88. The van der Waals surface area contributed by atoms with E-state index in [0.29, 0.717) is 6.04 Å². The van der Waals surface area contributed by atoms with Crippen molar-refractivity contribution in [2.24, 2.45) is 0 Å². The van der Waals surface area contributed by atoms with Crippen molar-refractivity contribution in [3.8, 4) is 0 Å². The first-order chi connectivity index (χ1) is 8.97. The van der Waals surface area contributed by atoms with Crippen LogP contribution in [0.2, 0.25) is 0 Å². The third-order valence-corrected chi connectivity index (χ3v) is 3.66. The monoisotopic (exact) mass is 259 g/mol. The quantitative estimate of drug-likeness (QED) is 0.801. The summed E-state index contributed by atoms with van der Waals surface area (Å²) in [6, 6.07) is 6.37. The molecule has 2 N–H and O–H groups in total. The Morgan fingerprint density at radius 1 is 1.37 bits per heavy atom. The molecular formula is C15H21N3O. The molecule has 0 aliphatic carbocycles. The van der Waals surface area contributed by atoms with E-state index >= 15 is 0 Å². The van der Waals surface area contributed by atoms with Gasteiger partial charge in [-0.3, -0.25) is 0 Å². The number of ether oxygens (including phenoxy) is 1. The summed E-state index contributed by atoms with van der Waals surface area (Å²) < 4.78 is 7.90. The molecule has 1 atom stereocenters. The van der Waals surface area contributed by atoms with E-state index in [1.54, 1.807) is 0 Å². The number of imidazole rings is 1. The Bertz CT molecular complexity index is 604. The molecule has 2 aromatic rings. The Kier molecular flexibility index (Phi) is 2.78. The number of nitrogen functional groups attached to an aromatic ring is 1. The zero-order chi connectivity index (χ0) is 13.6. The van der Waals surface area contributed by atoms with Crippen molar-refractivity contribution in [2.45, 2.75) is 38.6 Å². The first-order valence-electron chi connectivity index (χ1n) is 6.82. The van der Waals surface area contributed by atoms with Crippen molar-refractivity contribution in [1.29, 1.82) is 0 Å². The fraction of sp³-hybridized carbons (Fsp3) is 0.533. The minimum Gasteiger partial charge on any atom is -0.399 e. The Labute approximate surface area is 113 Å². The molecule has 0 radical (unpaired) electrons. The number of hydrogen-bond acceptors (Lipinski definition) is 3. The van der Waals surface area contributed by atoms with E-state index in [4.69, 9.17) is 15.5 Å². The van der Waals surface area contributed by atoms with Gasteiger partial charge in [0.25, 0.3) is 0 Å². The first-order valence-corrected chi connectivity index (χ1v) is 6.82. The second-order valence-corrected chi connectivity index (χ2v) is 6.32. The van der Waals surface area contributed by atoms with E-state index in [2.05, 4.69) is 31.4 Å². The van der Waals surface area contributed by atoms with Crippen LogP contribution in [0, 0.1) is 0 Å². The Morgan fingerprint density at radius 3 is 2.79 bits per heavy atom. The zero-order valence-electron chi connectivity index (χ0n) is 11.8. The molecule has 1 aliphatic rings. The average molecular weight is 259 g/mol. The molecule has 1 aromatic carbocycles. The summed E-state index contributed by atoms with van der Waals surface area (Å²) in [5.74, 6) is 1.11. The van der Waals surface area contributed by atoms with Crippen molar-refractivity contribution in [2.75, 3.05) is 18.9 Å². The molecule has 3 rings (SSSR count). The van der Waals surface area contributed by atoms with Crippen LogP contribution in [0.3, 0.4) is 0 Å². The molecule has 2 heterocycles. The molecular weight excluding hydrogens is 238 g/mol. The van der Waals surface area contributed by atoms with Crippen LogP contribution in [-0.2, 0) is 10.2 Å². The first kappa shape index (κ1) is 12.5. The van der Waals surface area contributed by atoms with E-state index in [-0.39, 0.29) is 5.41 Å². The Balaban J connectivity index is 2.25. The normalized spacial score (nSPS) is 20.3. The fourth-order valence-electron chi connectivity index (χ4n) is 2.74. The third kappa shape index (κ3) is 2.10. The standard InChI is InChI=1S/C15H21N3O/c1-15(2,3)14-17-12-8-10(16)4-5-13(12)18(14)11-6-7-19-9-11/h4-5,8,11H,6-7,9,16H2,1-3H3. The number of nitrogens with zero attached hydrogens (tertiary/aromatic N) is 2. The molecule has 0 bridgehead atoms. The molecule has 1 unspecified atom stereocenters. The van der Waals surface area contributed by atoms with Gasteiger partial charge in [0.15, 0.2) is 0 Å². The summed E-state index contributed by atoms with van der Waals surface area (Å²) in [5, 5.41) is 0. The Hall–Kier alpha value is -1.55. The highest BCUT2D eigenvalue weighted by Crippen LogP contribution is 2.33. The molecule has 0 amide bonds. The lowest BCUT2D eigenvalue weighted by Crippen LogP contribution is -2.22. The van der Waals surface area contributed by atoms with Crippen LogP contribution in [0.5, 0.6) is 0 Å². The summed E-state index contributed by atoms with van der Waals surface area (Å²) in [6.07, 6.45) is 1.05. The highest BCUT2D eigenvalue weighted by Gasteiger charge is 2.28. The van der Waals surface area contributed by atoms with Gasteiger partial charge in [0.1, 0.15) is 5.82 Å². The van der Waals surface area contributed by atoms with Gasteiger partial charge in [-0.05, 0) is 24.6 Å². The average Bonchev–Trinajstić information content (AvgIpc) is 2.91. The number of hydrogen-bond donors (Lipinski definition) is 1.